The van der Waals surface area contributed by atoms with Crippen LogP contribution in [0.15, 0.2) is 35.5 Å². The maximum absolute atomic E-state index is 12.8. The summed E-state index contributed by atoms with van der Waals surface area (Å²) >= 11 is 0. The van der Waals surface area contributed by atoms with Crippen molar-refractivity contribution in [2.75, 3.05) is 7.05 Å². The van der Waals surface area contributed by atoms with Crippen molar-refractivity contribution in [3.05, 3.63) is 53.4 Å². The topological polar surface area (TPSA) is 42.2 Å². The Morgan fingerprint density at radius 1 is 1.37 bits per heavy atom. The number of imidazole rings is 1. The Balaban J connectivity index is 2.09. The first-order chi connectivity index (χ1) is 9.11. The molecule has 100 valence electrons. The number of amidine groups is 1. The van der Waals surface area contributed by atoms with Crippen molar-refractivity contribution in [2.45, 2.75) is 13.5 Å². The van der Waals surface area contributed by atoms with Crippen LogP contribution >= 0.6 is 0 Å². The second kappa shape index (κ2) is 5.65. The molecule has 0 fully saturated rings. The molecule has 0 aliphatic rings. The zero-order chi connectivity index (χ0) is 13.8. The van der Waals surface area contributed by atoms with Crippen molar-refractivity contribution < 1.29 is 4.39 Å². The molecule has 1 aromatic carbocycles. The Labute approximate surface area is 112 Å². The summed E-state index contributed by atoms with van der Waals surface area (Å²) in [4.78, 5) is 8.54. The van der Waals surface area contributed by atoms with Gasteiger partial charge < -0.3 is 9.88 Å². The summed E-state index contributed by atoms with van der Waals surface area (Å²) in [6.45, 7) is 2.57. The third-order valence-corrected chi connectivity index (χ3v) is 3.03. The van der Waals surface area contributed by atoms with Crippen LogP contribution in [0.2, 0.25) is 0 Å². The molecule has 2 rings (SSSR count). The van der Waals surface area contributed by atoms with E-state index in [0.717, 1.165) is 22.9 Å². The van der Waals surface area contributed by atoms with Gasteiger partial charge in [0, 0.05) is 32.5 Å². The fourth-order valence-corrected chi connectivity index (χ4v) is 1.76. The number of halogens is 1. The summed E-state index contributed by atoms with van der Waals surface area (Å²) in [6.07, 6.45) is 1.81. The van der Waals surface area contributed by atoms with Crippen molar-refractivity contribution >= 4 is 5.84 Å². The number of aliphatic imine (C=N–C) groups is 1. The molecule has 0 aliphatic carbocycles. The molecule has 1 N–H and O–H groups in total. The average molecular weight is 260 g/mol. The normalized spacial score (nSPS) is 11.7. The molecule has 0 bridgehead atoms. The molecule has 0 radical (unpaired) electrons. The Bertz CT molecular complexity index is 584. The molecule has 0 saturated carbocycles. The van der Waals surface area contributed by atoms with Crippen LogP contribution in [0, 0.1) is 12.7 Å². The Morgan fingerprint density at radius 3 is 2.58 bits per heavy atom. The molecule has 0 amide bonds. The van der Waals surface area contributed by atoms with Crippen molar-refractivity contribution in [1.29, 1.82) is 0 Å². The van der Waals surface area contributed by atoms with Crippen LogP contribution in [0.25, 0.3) is 0 Å². The van der Waals surface area contributed by atoms with Crippen molar-refractivity contribution in [3.8, 4) is 0 Å². The summed E-state index contributed by atoms with van der Waals surface area (Å²) in [6, 6.07) is 6.40. The highest BCUT2D eigenvalue weighted by Gasteiger charge is 2.09. The predicted octanol–water partition coefficient (Wildman–Crippen LogP) is 2.03. The van der Waals surface area contributed by atoms with E-state index in [4.69, 9.17) is 0 Å². The fourth-order valence-electron chi connectivity index (χ4n) is 1.76. The number of nitrogens with one attached hydrogen (secondary N) is 1. The van der Waals surface area contributed by atoms with Gasteiger partial charge in [0.05, 0.1) is 0 Å². The van der Waals surface area contributed by atoms with E-state index in [0.29, 0.717) is 6.54 Å². The van der Waals surface area contributed by atoms with Crippen LogP contribution in [0.4, 0.5) is 4.39 Å². The summed E-state index contributed by atoms with van der Waals surface area (Å²) in [5.74, 6) is 1.29. The highest BCUT2D eigenvalue weighted by Crippen LogP contribution is 2.05. The maximum Gasteiger partial charge on any atom is 0.175 e. The number of aryl methyl sites for hydroxylation is 1. The largest absolute Gasteiger partial charge is 0.363 e. The lowest BCUT2D eigenvalue weighted by molar-refractivity contribution is 0.626. The minimum Gasteiger partial charge on any atom is -0.363 e. The van der Waals surface area contributed by atoms with E-state index in [9.17, 15) is 4.39 Å². The molecule has 0 atom stereocenters. The molecular formula is C14H17FN4. The minimum atomic E-state index is -0.229. The van der Waals surface area contributed by atoms with Gasteiger partial charge in [-0.05, 0) is 24.6 Å². The summed E-state index contributed by atoms with van der Waals surface area (Å²) in [5, 5.41) is 3.22. The third kappa shape index (κ3) is 2.99. The average Bonchev–Trinajstić information content (AvgIpc) is 2.74. The van der Waals surface area contributed by atoms with Crippen LogP contribution in [0.1, 0.15) is 17.1 Å². The van der Waals surface area contributed by atoms with Gasteiger partial charge in [-0.2, -0.15) is 0 Å². The quantitative estimate of drug-likeness (QED) is 0.678. The molecule has 4 nitrogen and oxygen atoms in total. The highest BCUT2D eigenvalue weighted by atomic mass is 19.1. The van der Waals surface area contributed by atoms with Gasteiger partial charge in [-0.15, -0.1) is 0 Å². The first-order valence-electron chi connectivity index (χ1n) is 6.05. The van der Waals surface area contributed by atoms with E-state index in [1.807, 2.05) is 18.5 Å². The molecular weight excluding hydrogens is 243 g/mol. The third-order valence-electron chi connectivity index (χ3n) is 3.03. The molecule has 19 heavy (non-hydrogen) atoms. The molecule has 0 spiro atoms. The summed E-state index contributed by atoms with van der Waals surface area (Å²) in [7, 11) is 3.67. The van der Waals surface area contributed by atoms with Crippen LogP contribution in [-0.2, 0) is 13.6 Å². The molecule has 1 aromatic heterocycles. The lowest BCUT2D eigenvalue weighted by Crippen LogP contribution is -2.27. The van der Waals surface area contributed by atoms with Crippen LogP contribution in [0.3, 0.4) is 0 Å². The Morgan fingerprint density at radius 2 is 2.05 bits per heavy atom. The van der Waals surface area contributed by atoms with Crippen LogP contribution in [-0.4, -0.2) is 22.4 Å². The monoisotopic (exact) mass is 260 g/mol. The molecule has 1 heterocycles. The van der Waals surface area contributed by atoms with E-state index in [2.05, 4.69) is 15.3 Å². The van der Waals surface area contributed by atoms with E-state index in [1.165, 1.54) is 12.1 Å². The molecule has 2 aromatic rings. The first-order valence-corrected chi connectivity index (χ1v) is 6.05. The van der Waals surface area contributed by atoms with Gasteiger partial charge >= 0.3 is 0 Å². The Kier molecular flexibility index (Phi) is 3.94. The van der Waals surface area contributed by atoms with E-state index < -0.39 is 0 Å². The number of nitrogens with zero attached hydrogens (tertiary/aromatic N) is 3. The van der Waals surface area contributed by atoms with Crippen LogP contribution in [0.5, 0.6) is 0 Å². The van der Waals surface area contributed by atoms with Crippen molar-refractivity contribution in [1.82, 2.24) is 14.9 Å². The zero-order valence-corrected chi connectivity index (χ0v) is 11.3. The number of benzene rings is 1. The van der Waals surface area contributed by atoms with E-state index in [-0.39, 0.29) is 5.82 Å². The molecule has 0 aliphatic heterocycles. The van der Waals surface area contributed by atoms with Crippen molar-refractivity contribution in [3.63, 3.8) is 0 Å². The fraction of sp³-hybridized carbons (Fsp3) is 0.286. The van der Waals surface area contributed by atoms with Gasteiger partial charge in [-0.1, -0.05) is 12.1 Å². The van der Waals surface area contributed by atoms with Gasteiger partial charge in [-0.25, -0.2) is 9.37 Å². The first kappa shape index (κ1) is 13.3. The molecule has 0 unspecified atom stereocenters. The van der Waals surface area contributed by atoms with Gasteiger partial charge in [0.15, 0.2) is 11.7 Å². The molecule has 0 saturated heterocycles. The lowest BCUT2D eigenvalue weighted by atomic mass is 10.2. The van der Waals surface area contributed by atoms with Gasteiger partial charge in [0.25, 0.3) is 0 Å². The molecule has 5 heteroatoms. The SMILES string of the molecule is CN=C(NCc1ccc(F)cc1)c1ncc(C)n1C. The zero-order valence-electron chi connectivity index (χ0n) is 11.3. The van der Waals surface area contributed by atoms with Crippen LogP contribution < -0.4 is 5.32 Å². The maximum atomic E-state index is 12.8. The Hall–Kier alpha value is -2.17. The summed E-state index contributed by atoms with van der Waals surface area (Å²) in [5.41, 5.74) is 2.06. The number of hydrogen-bond donors (Lipinski definition) is 1. The standard InChI is InChI=1S/C14H17FN4/c1-10-8-18-14(19(10)3)13(16-2)17-9-11-4-6-12(15)7-5-11/h4-8H,9H2,1-3H3,(H,16,17). The second-order valence-electron chi connectivity index (χ2n) is 4.33. The predicted molar refractivity (Wildman–Crippen MR) is 73.6 cm³/mol. The number of hydrogen-bond acceptors (Lipinski definition) is 2. The second-order valence-corrected chi connectivity index (χ2v) is 4.33. The highest BCUT2D eigenvalue weighted by molar-refractivity contribution is 5.95. The number of aromatic nitrogens is 2. The van der Waals surface area contributed by atoms with Crippen molar-refractivity contribution in [2.24, 2.45) is 12.0 Å². The minimum absolute atomic E-state index is 0.229. The lowest BCUT2D eigenvalue weighted by Gasteiger charge is -2.10. The van der Waals surface area contributed by atoms with Gasteiger partial charge in [-0.3, -0.25) is 4.99 Å². The van der Waals surface area contributed by atoms with Gasteiger partial charge in [0.1, 0.15) is 5.82 Å². The summed E-state index contributed by atoms with van der Waals surface area (Å²) < 4.78 is 14.8. The number of rotatable bonds is 3. The smallest absolute Gasteiger partial charge is 0.175 e. The van der Waals surface area contributed by atoms with E-state index in [1.54, 1.807) is 25.4 Å². The van der Waals surface area contributed by atoms with Gasteiger partial charge in [0.2, 0.25) is 0 Å². The van der Waals surface area contributed by atoms with E-state index >= 15 is 0 Å².